The molecule has 0 spiro atoms. The Bertz CT molecular complexity index is 1110. The Balaban J connectivity index is 1.36. The van der Waals surface area contributed by atoms with Gasteiger partial charge in [0.05, 0.1) is 31.1 Å². The van der Waals surface area contributed by atoms with Crippen LogP contribution >= 0.6 is 0 Å². The van der Waals surface area contributed by atoms with Crippen molar-refractivity contribution in [3.05, 3.63) is 66.9 Å². The van der Waals surface area contributed by atoms with Gasteiger partial charge in [0.1, 0.15) is 12.0 Å². The summed E-state index contributed by atoms with van der Waals surface area (Å²) in [6.07, 6.45) is 12.4. The zero-order chi connectivity index (χ0) is 20.4. The maximum Gasteiger partial charge on any atom is 0.141 e. The van der Waals surface area contributed by atoms with Gasteiger partial charge in [-0.1, -0.05) is 43.2 Å². The van der Waals surface area contributed by atoms with Crippen LogP contribution in [0.5, 0.6) is 0 Å². The second-order valence-corrected chi connectivity index (χ2v) is 8.40. The lowest BCUT2D eigenvalue weighted by molar-refractivity contribution is 0.00613. The fourth-order valence-electron chi connectivity index (χ4n) is 4.76. The van der Waals surface area contributed by atoms with E-state index in [-0.39, 0.29) is 11.5 Å². The Kier molecular flexibility index (Phi) is 5.09. The first-order valence-corrected chi connectivity index (χ1v) is 10.7. The van der Waals surface area contributed by atoms with Crippen molar-refractivity contribution < 1.29 is 4.74 Å². The molecule has 1 saturated carbocycles. The van der Waals surface area contributed by atoms with E-state index in [0.29, 0.717) is 6.61 Å². The van der Waals surface area contributed by atoms with Crippen LogP contribution in [0.1, 0.15) is 44.2 Å². The standard InChI is InChI=1S/C24H27N5O/c1-18(24(10-5-6-11-24)16-30-15-19-7-3-2-4-8-19)29-14-20(13-28-29)22-21-9-12-25-23(21)27-17-26-22/h2-4,7-9,12-14,17-18H,5-6,10-11,15-16H2,1H3,(H,25,26,27). The molecule has 1 aromatic carbocycles. The largest absolute Gasteiger partial charge is 0.376 e. The third-order valence-electron chi connectivity index (χ3n) is 6.61. The fraction of sp³-hybridized carbons (Fsp3) is 0.375. The summed E-state index contributed by atoms with van der Waals surface area (Å²) in [5.74, 6) is 0. The topological polar surface area (TPSA) is 68.6 Å². The molecule has 1 atom stereocenters. The summed E-state index contributed by atoms with van der Waals surface area (Å²) in [7, 11) is 0. The van der Waals surface area contributed by atoms with Gasteiger partial charge in [0.2, 0.25) is 0 Å². The molecule has 3 heterocycles. The molecular weight excluding hydrogens is 374 g/mol. The molecule has 1 unspecified atom stereocenters. The molecule has 1 N–H and O–H groups in total. The van der Waals surface area contributed by atoms with Gasteiger partial charge in [0, 0.05) is 28.8 Å². The molecular formula is C24H27N5O. The molecule has 1 aliphatic rings. The number of ether oxygens (including phenoxy) is 1. The van der Waals surface area contributed by atoms with Gasteiger partial charge in [-0.15, -0.1) is 0 Å². The van der Waals surface area contributed by atoms with Crippen molar-refractivity contribution in [2.75, 3.05) is 6.61 Å². The van der Waals surface area contributed by atoms with Gasteiger partial charge >= 0.3 is 0 Å². The average molecular weight is 402 g/mol. The van der Waals surface area contributed by atoms with Crippen LogP contribution < -0.4 is 0 Å². The SMILES string of the molecule is CC(n1cc(-c2ncnc3[nH]ccc23)cn1)C1(COCc2ccccc2)CCCC1. The quantitative estimate of drug-likeness (QED) is 0.464. The van der Waals surface area contributed by atoms with Crippen LogP contribution in [0.25, 0.3) is 22.3 Å². The molecule has 4 aromatic rings. The Morgan fingerprint density at radius 1 is 1.13 bits per heavy atom. The van der Waals surface area contributed by atoms with Crippen LogP contribution in [-0.2, 0) is 11.3 Å². The predicted octanol–water partition coefficient (Wildman–Crippen LogP) is 5.16. The normalized spacial score (nSPS) is 16.8. The molecule has 1 aliphatic carbocycles. The van der Waals surface area contributed by atoms with Gasteiger partial charge in [-0.05, 0) is 31.4 Å². The lowest BCUT2D eigenvalue weighted by Crippen LogP contribution is -2.33. The third kappa shape index (κ3) is 3.52. The summed E-state index contributed by atoms with van der Waals surface area (Å²) in [5, 5.41) is 5.75. The Labute approximate surface area is 176 Å². The lowest BCUT2D eigenvalue weighted by atomic mass is 9.80. The number of fused-ring (bicyclic) bond motifs is 1. The molecule has 6 heteroatoms. The Morgan fingerprint density at radius 2 is 1.97 bits per heavy atom. The van der Waals surface area contributed by atoms with Crippen LogP contribution in [-0.4, -0.2) is 31.3 Å². The fourth-order valence-corrected chi connectivity index (χ4v) is 4.76. The Morgan fingerprint density at radius 3 is 2.80 bits per heavy atom. The van der Waals surface area contributed by atoms with E-state index < -0.39 is 0 Å². The van der Waals surface area contributed by atoms with Gasteiger partial charge < -0.3 is 9.72 Å². The van der Waals surface area contributed by atoms with Gasteiger partial charge in [-0.2, -0.15) is 5.10 Å². The first kappa shape index (κ1) is 19.0. The monoisotopic (exact) mass is 401 g/mol. The summed E-state index contributed by atoms with van der Waals surface area (Å²) in [5.41, 5.74) is 4.13. The molecule has 154 valence electrons. The van der Waals surface area contributed by atoms with E-state index in [4.69, 9.17) is 9.84 Å². The summed E-state index contributed by atoms with van der Waals surface area (Å²) in [6, 6.07) is 12.7. The molecule has 0 saturated heterocycles. The molecule has 0 amide bonds. The number of hydrogen-bond acceptors (Lipinski definition) is 4. The smallest absolute Gasteiger partial charge is 0.141 e. The first-order valence-electron chi connectivity index (χ1n) is 10.7. The molecule has 6 nitrogen and oxygen atoms in total. The zero-order valence-corrected chi connectivity index (χ0v) is 17.3. The summed E-state index contributed by atoms with van der Waals surface area (Å²) < 4.78 is 8.33. The average Bonchev–Trinajstić information content (AvgIpc) is 3.54. The highest BCUT2D eigenvalue weighted by Crippen LogP contribution is 2.47. The van der Waals surface area contributed by atoms with Gasteiger partial charge in [-0.25, -0.2) is 9.97 Å². The highest BCUT2D eigenvalue weighted by molar-refractivity contribution is 5.89. The summed E-state index contributed by atoms with van der Waals surface area (Å²) >= 11 is 0. The van der Waals surface area contributed by atoms with Crippen molar-refractivity contribution in [1.82, 2.24) is 24.7 Å². The molecule has 1 fully saturated rings. The minimum atomic E-state index is 0.118. The predicted molar refractivity (Wildman–Crippen MR) is 117 cm³/mol. The highest BCUT2D eigenvalue weighted by atomic mass is 16.5. The van der Waals surface area contributed by atoms with Crippen LogP contribution in [0.3, 0.4) is 0 Å². The van der Waals surface area contributed by atoms with Gasteiger partial charge in [0.25, 0.3) is 0 Å². The summed E-state index contributed by atoms with van der Waals surface area (Å²) in [4.78, 5) is 12.0. The van der Waals surface area contributed by atoms with Gasteiger partial charge in [0.15, 0.2) is 0 Å². The van der Waals surface area contributed by atoms with Crippen LogP contribution in [0.4, 0.5) is 0 Å². The van der Waals surface area contributed by atoms with Crippen LogP contribution in [0.2, 0.25) is 0 Å². The van der Waals surface area contributed by atoms with Crippen LogP contribution in [0, 0.1) is 5.41 Å². The van der Waals surface area contributed by atoms with E-state index in [1.807, 2.05) is 24.5 Å². The first-order chi connectivity index (χ1) is 14.8. The van der Waals surface area contributed by atoms with Crippen molar-refractivity contribution >= 4 is 11.0 Å². The van der Waals surface area contributed by atoms with E-state index >= 15 is 0 Å². The number of hydrogen-bond donors (Lipinski definition) is 1. The van der Waals surface area contributed by atoms with E-state index in [9.17, 15) is 0 Å². The number of aromatic nitrogens is 5. The summed E-state index contributed by atoms with van der Waals surface area (Å²) in [6.45, 7) is 3.69. The molecule has 0 radical (unpaired) electrons. The third-order valence-corrected chi connectivity index (χ3v) is 6.61. The van der Waals surface area contributed by atoms with E-state index in [1.54, 1.807) is 6.33 Å². The van der Waals surface area contributed by atoms with E-state index in [0.717, 1.165) is 28.9 Å². The van der Waals surface area contributed by atoms with Crippen LogP contribution in [0.15, 0.2) is 61.3 Å². The maximum atomic E-state index is 6.22. The molecule has 0 bridgehead atoms. The molecule has 5 rings (SSSR count). The minimum absolute atomic E-state index is 0.118. The number of nitrogens with one attached hydrogen (secondary N) is 1. The van der Waals surface area contributed by atoms with Gasteiger partial charge in [-0.3, -0.25) is 4.68 Å². The van der Waals surface area contributed by atoms with E-state index in [2.05, 4.69) is 57.0 Å². The number of nitrogens with zero attached hydrogens (tertiary/aromatic N) is 4. The number of aromatic amines is 1. The van der Waals surface area contributed by atoms with Crippen molar-refractivity contribution in [2.24, 2.45) is 5.41 Å². The lowest BCUT2D eigenvalue weighted by Gasteiger charge is -2.35. The maximum absolute atomic E-state index is 6.22. The number of rotatable bonds is 7. The second kappa shape index (κ2) is 8.03. The highest BCUT2D eigenvalue weighted by Gasteiger charge is 2.40. The molecule has 30 heavy (non-hydrogen) atoms. The zero-order valence-electron chi connectivity index (χ0n) is 17.3. The molecule has 0 aliphatic heterocycles. The Hall–Kier alpha value is -2.99. The van der Waals surface area contributed by atoms with Crippen molar-refractivity contribution in [3.63, 3.8) is 0 Å². The second-order valence-electron chi connectivity index (χ2n) is 8.40. The number of H-pyrrole nitrogens is 1. The number of benzene rings is 1. The molecule has 3 aromatic heterocycles. The minimum Gasteiger partial charge on any atom is -0.376 e. The van der Waals surface area contributed by atoms with Crippen molar-refractivity contribution in [3.8, 4) is 11.3 Å². The van der Waals surface area contributed by atoms with E-state index in [1.165, 1.54) is 31.2 Å². The van der Waals surface area contributed by atoms with Crippen molar-refractivity contribution in [2.45, 2.75) is 45.3 Å². The van der Waals surface area contributed by atoms with Crippen molar-refractivity contribution in [1.29, 1.82) is 0 Å².